The topological polar surface area (TPSA) is 38.8 Å². The number of carbonyl (C=O) groups is 1. The molecule has 144 valence electrons. The molecule has 2 aromatic rings. The Morgan fingerprint density at radius 2 is 2.07 bits per heavy atom. The van der Waals surface area contributed by atoms with Gasteiger partial charge < -0.3 is 14.4 Å². The lowest BCUT2D eigenvalue weighted by atomic mass is 9.94. The highest BCUT2D eigenvalue weighted by Crippen LogP contribution is 2.32. The maximum atomic E-state index is 14.1. The van der Waals surface area contributed by atoms with Gasteiger partial charge in [-0.05, 0) is 62.2 Å². The van der Waals surface area contributed by atoms with Gasteiger partial charge in [0.05, 0.1) is 18.6 Å². The smallest absolute Gasteiger partial charge is 0.229 e. The second kappa shape index (κ2) is 7.94. The summed E-state index contributed by atoms with van der Waals surface area (Å²) in [6.07, 6.45) is 0.512. The van der Waals surface area contributed by atoms with E-state index in [-0.39, 0.29) is 18.1 Å². The van der Waals surface area contributed by atoms with Crippen molar-refractivity contribution in [2.75, 3.05) is 20.3 Å². The van der Waals surface area contributed by atoms with Crippen LogP contribution in [0.25, 0.3) is 0 Å². The van der Waals surface area contributed by atoms with Crippen LogP contribution in [0, 0.1) is 17.6 Å². The van der Waals surface area contributed by atoms with E-state index < -0.39 is 23.6 Å². The van der Waals surface area contributed by atoms with Crippen molar-refractivity contribution in [2.24, 2.45) is 5.92 Å². The first-order valence-corrected chi connectivity index (χ1v) is 9.00. The average molecular weight is 375 g/mol. The van der Waals surface area contributed by atoms with Gasteiger partial charge in [0.15, 0.2) is 0 Å². The molecule has 0 bridgehead atoms. The molecular formula is C21H23F2NO3. The molecule has 3 rings (SSSR count). The van der Waals surface area contributed by atoms with Crippen LogP contribution in [-0.4, -0.2) is 31.1 Å². The van der Waals surface area contributed by atoms with Gasteiger partial charge in [-0.2, -0.15) is 0 Å². The Labute approximate surface area is 157 Å². The summed E-state index contributed by atoms with van der Waals surface area (Å²) in [5, 5.41) is 0. The number of nitrogens with zero attached hydrogens (tertiary/aromatic N) is 1. The van der Waals surface area contributed by atoms with Crippen LogP contribution in [0.2, 0.25) is 0 Å². The van der Waals surface area contributed by atoms with Gasteiger partial charge in [0.25, 0.3) is 0 Å². The van der Waals surface area contributed by atoms with Crippen molar-refractivity contribution in [3.05, 3.63) is 59.2 Å². The predicted molar refractivity (Wildman–Crippen MR) is 97.8 cm³/mol. The first-order valence-electron chi connectivity index (χ1n) is 9.00. The van der Waals surface area contributed by atoms with Crippen molar-refractivity contribution in [1.82, 2.24) is 4.90 Å². The molecule has 0 fully saturated rings. The van der Waals surface area contributed by atoms with Crippen LogP contribution in [0.3, 0.4) is 0 Å². The summed E-state index contributed by atoms with van der Waals surface area (Å²) in [6.45, 7) is 4.40. The van der Waals surface area contributed by atoms with Crippen LogP contribution in [-0.2, 0) is 11.2 Å². The third-order valence-corrected chi connectivity index (χ3v) is 4.94. The van der Waals surface area contributed by atoms with E-state index in [0.29, 0.717) is 13.0 Å². The molecule has 0 saturated carbocycles. The lowest BCUT2D eigenvalue weighted by molar-refractivity contribution is -0.137. The lowest BCUT2D eigenvalue weighted by Crippen LogP contribution is -2.40. The zero-order chi connectivity index (χ0) is 19.6. The Kier molecular flexibility index (Phi) is 5.63. The van der Waals surface area contributed by atoms with Crippen molar-refractivity contribution in [3.63, 3.8) is 0 Å². The SMILES string of the molecule is CCOc1ccc2c(c1)CC(C(=O)N(C)C(C)c1cc(F)ccc1F)CO2. The molecule has 6 heteroatoms. The van der Waals surface area contributed by atoms with E-state index in [2.05, 4.69) is 0 Å². The highest BCUT2D eigenvalue weighted by Gasteiger charge is 2.31. The van der Waals surface area contributed by atoms with Crippen LogP contribution in [0.15, 0.2) is 36.4 Å². The molecule has 1 amide bonds. The Balaban J connectivity index is 1.75. The molecular weight excluding hydrogens is 352 g/mol. The normalized spacial score (nSPS) is 16.9. The molecule has 2 aromatic carbocycles. The summed E-state index contributed by atoms with van der Waals surface area (Å²) in [5.74, 6) is -0.143. The minimum Gasteiger partial charge on any atom is -0.494 e. The van der Waals surface area contributed by atoms with Crippen molar-refractivity contribution < 1.29 is 23.0 Å². The van der Waals surface area contributed by atoms with Crippen molar-refractivity contribution in [2.45, 2.75) is 26.3 Å². The minimum absolute atomic E-state index is 0.154. The Hall–Kier alpha value is -2.63. The molecule has 0 N–H and O–H groups in total. The average Bonchev–Trinajstić information content (AvgIpc) is 2.67. The molecule has 0 aliphatic carbocycles. The van der Waals surface area contributed by atoms with Crippen molar-refractivity contribution in [1.29, 1.82) is 0 Å². The number of fused-ring (bicyclic) bond motifs is 1. The fraction of sp³-hybridized carbons (Fsp3) is 0.381. The predicted octanol–water partition coefficient (Wildman–Crippen LogP) is 4.13. The fourth-order valence-electron chi connectivity index (χ4n) is 3.31. The lowest BCUT2D eigenvalue weighted by Gasteiger charge is -2.32. The molecule has 4 nitrogen and oxygen atoms in total. The quantitative estimate of drug-likeness (QED) is 0.789. The molecule has 2 atom stereocenters. The summed E-state index contributed by atoms with van der Waals surface area (Å²) in [4.78, 5) is 14.4. The molecule has 0 radical (unpaired) electrons. The van der Waals surface area contributed by atoms with E-state index in [1.807, 2.05) is 25.1 Å². The molecule has 0 saturated heterocycles. The third kappa shape index (κ3) is 4.04. The standard InChI is InChI=1S/C21H23F2NO3/c1-4-26-17-6-8-20-14(10-17)9-15(12-27-20)21(25)24(3)13(2)18-11-16(22)5-7-19(18)23/h5-8,10-11,13,15H,4,9,12H2,1-3H3. The number of ether oxygens (including phenoxy) is 2. The monoisotopic (exact) mass is 375 g/mol. The van der Waals surface area contributed by atoms with Gasteiger partial charge in [0.1, 0.15) is 29.7 Å². The van der Waals surface area contributed by atoms with Crippen LogP contribution in [0.1, 0.15) is 31.0 Å². The van der Waals surface area contributed by atoms with Gasteiger partial charge in [-0.25, -0.2) is 8.78 Å². The summed E-state index contributed by atoms with van der Waals surface area (Å²) in [5.41, 5.74) is 1.06. The molecule has 0 spiro atoms. The number of halogens is 2. The van der Waals surface area contributed by atoms with Gasteiger partial charge in [-0.3, -0.25) is 4.79 Å². The summed E-state index contributed by atoms with van der Waals surface area (Å²) < 4.78 is 38.8. The number of amides is 1. The number of carbonyl (C=O) groups excluding carboxylic acids is 1. The van der Waals surface area contributed by atoms with E-state index >= 15 is 0 Å². The first-order chi connectivity index (χ1) is 12.9. The van der Waals surface area contributed by atoms with Gasteiger partial charge in [-0.15, -0.1) is 0 Å². The molecule has 27 heavy (non-hydrogen) atoms. The zero-order valence-electron chi connectivity index (χ0n) is 15.7. The third-order valence-electron chi connectivity index (χ3n) is 4.94. The molecule has 1 heterocycles. The second-order valence-corrected chi connectivity index (χ2v) is 6.71. The highest BCUT2D eigenvalue weighted by molar-refractivity contribution is 5.80. The van der Waals surface area contributed by atoms with E-state index in [9.17, 15) is 13.6 Å². The largest absolute Gasteiger partial charge is 0.494 e. The van der Waals surface area contributed by atoms with E-state index in [1.165, 1.54) is 4.90 Å². The zero-order valence-corrected chi connectivity index (χ0v) is 15.7. The van der Waals surface area contributed by atoms with Crippen LogP contribution in [0.4, 0.5) is 8.78 Å². The summed E-state index contributed by atoms with van der Waals surface area (Å²) in [6, 6.07) is 8.24. The maximum Gasteiger partial charge on any atom is 0.229 e. The number of benzene rings is 2. The Morgan fingerprint density at radius 1 is 1.30 bits per heavy atom. The van der Waals surface area contributed by atoms with E-state index in [4.69, 9.17) is 9.47 Å². The highest BCUT2D eigenvalue weighted by atomic mass is 19.1. The number of hydrogen-bond donors (Lipinski definition) is 0. The van der Waals surface area contributed by atoms with Crippen molar-refractivity contribution in [3.8, 4) is 11.5 Å². The van der Waals surface area contributed by atoms with Gasteiger partial charge >= 0.3 is 0 Å². The number of rotatable bonds is 5. The van der Waals surface area contributed by atoms with Gasteiger partial charge in [-0.1, -0.05) is 0 Å². The minimum atomic E-state index is -0.593. The molecule has 0 aromatic heterocycles. The van der Waals surface area contributed by atoms with Gasteiger partial charge in [0.2, 0.25) is 5.91 Å². The molecule has 1 aliphatic heterocycles. The summed E-state index contributed by atoms with van der Waals surface area (Å²) >= 11 is 0. The second-order valence-electron chi connectivity index (χ2n) is 6.71. The van der Waals surface area contributed by atoms with Gasteiger partial charge in [0, 0.05) is 12.6 Å². The van der Waals surface area contributed by atoms with Crippen LogP contribution in [0.5, 0.6) is 11.5 Å². The first kappa shape index (κ1) is 19.1. The van der Waals surface area contributed by atoms with Crippen molar-refractivity contribution >= 4 is 5.91 Å². The molecule has 2 unspecified atom stereocenters. The maximum absolute atomic E-state index is 14.1. The number of hydrogen-bond acceptors (Lipinski definition) is 3. The Bertz CT molecular complexity index is 840. The fourth-order valence-corrected chi connectivity index (χ4v) is 3.31. The Morgan fingerprint density at radius 3 is 2.81 bits per heavy atom. The molecule has 1 aliphatic rings. The van der Waals surface area contributed by atoms with Crippen LogP contribution >= 0.6 is 0 Å². The van der Waals surface area contributed by atoms with E-state index in [0.717, 1.165) is 35.3 Å². The van der Waals surface area contributed by atoms with Crippen LogP contribution < -0.4 is 9.47 Å². The summed E-state index contributed by atoms with van der Waals surface area (Å²) in [7, 11) is 1.60. The van der Waals surface area contributed by atoms with E-state index in [1.54, 1.807) is 14.0 Å².